The fraction of sp³-hybridized carbons (Fsp3) is 0.355. The Bertz CT molecular complexity index is 1970. The van der Waals surface area contributed by atoms with Gasteiger partial charge in [0.15, 0.2) is 26.6 Å². The van der Waals surface area contributed by atoms with Gasteiger partial charge in [0.25, 0.3) is 0 Å². The normalized spacial score (nSPS) is 16.4. The number of carbonyl (C=O) groups excluding carboxylic acids is 1. The van der Waals surface area contributed by atoms with E-state index in [4.69, 9.17) is 4.74 Å². The van der Waals surface area contributed by atoms with Crippen LogP contribution in [0.2, 0.25) is 0 Å². The molecule has 17 heteroatoms. The van der Waals surface area contributed by atoms with Crippen molar-refractivity contribution in [2.75, 3.05) is 37.0 Å². The quantitative estimate of drug-likeness (QED) is 0.165. The smallest absolute Gasteiger partial charge is 0.305 e. The summed E-state index contributed by atoms with van der Waals surface area (Å²) in [5.41, 5.74) is -0.256. The molecule has 0 bridgehead atoms. The number of nitrogens with zero attached hydrogens (tertiary/aromatic N) is 5. The van der Waals surface area contributed by atoms with Gasteiger partial charge in [-0.05, 0) is 68.8 Å². The standard InChI is InChI=1S/C31H33F2N7O6S2/c1-17-13-25(34-15-17)36-28-27(46-5)29(39-12-11-19(16-39)35-18(2)41)38-30(37-28)47-24-10-9-20(14-22(24)32)48(44,45)31(3,4)21-7-6-8-23(26(21)33)40(42)43/h6-10,13-14,19H,11-12,15-16H2,1-5H3,(H,35,41)(H,34,36,37,38)/t19-/m0/s1. The number of sulfone groups is 1. The number of ether oxygens (including phenoxy) is 1. The molecule has 1 fully saturated rings. The van der Waals surface area contributed by atoms with Crippen molar-refractivity contribution in [2.24, 2.45) is 4.99 Å². The van der Waals surface area contributed by atoms with Crippen LogP contribution in [0.1, 0.15) is 39.7 Å². The molecule has 1 atom stereocenters. The number of anilines is 2. The topological polar surface area (TPSA) is 169 Å². The second-order valence-electron chi connectivity index (χ2n) is 11.8. The van der Waals surface area contributed by atoms with Crippen molar-refractivity contribution in [3.8, 4) is 5.75 Å². The number of nitro groups is 1. The van der Waals surface area contributed by atoms with Gasteiger partial charge in [0, 0.05) is 37.7 Å². The maximum absolute atomic E-state index is 15.7. The third-order valence-corrected chi connectivity index (χ3v) is 11.3. The third-order valence-electron chi connectivity index (χ3n) is 7.97. The van der Waals surface area contributed by atoms with E-state index in [1.54, 1.807) is 0 Å². The number of amides is 1. The van der Waals surface area contributed by atoms with Gasteiger partial charge in [-0.15, -0.1) is 0 Å². The van der Waals surface area contributed by atoms with Gasteiger partial charge in [-0.3, -0.25) is 19.9 Å². The number of methoxy groups -OCH3 is 1. The first-order chi connectivity index (χ1) is 22.6. The number of aliphatic imine (C=N–C) groups is 1. The van der Waals surface area contributed by atoms with E-state index >= 15 is 8.78 Å². The molecule has 5 rings (SSSR count). The summed E-state index contributed by atoms with van der Waals surface area (Å²) in [6, 6.07) is 6.41. The molecule has 1 aromatic heterocycles. The van der Waals surface area contributed by atoms with E-state index in [0.717, 1.165) is 35.5 Å². The second kappa shape index (κ2) is 13.5. The second-order valence-corrected chi connectivity index (χ2v) is 15.3. The molecule has 3 aromatic rings. The summed E-state index contributed by atoms with van der Waals surface area (Å²) in [6.07, 6.45) is 2.52. The van der Waals surface area contributed by atoms with E-state index < -0.39 is 47.3 Å². The minimum atomic E-state index is -4.46. The number of hydrogen-bond donors (Lipinski definition) is 2. The van der Waals surface area contributed by atoms with Gasteiger partial charge < -0.3 is 20.3 Å². The van der Waals surface area contributed by atoms with Crippen LogP contribution in [0, 0.1) is 21.7 Å². The minimum absolute atomic E-state index is 0.00171. The molecule has 0 unspecified atom stereocenters. The fourth-order valence-electron chi connectivity index (χ4n) is 5.44. The van der Waals surface area contributed by atoms with E-state index in [2.05, 4.69) is 25.6 Å². The van der Waals surface area contributed by atoms with Gasteiger partial charge in [0.2, 0.25) is 17.5 Å². The summed E-state index contributed by atoms with van der Waals surface area (Å²) in [4.78, 5) is 37.2. The number of nitro benzene ring substituents is 1. The molecule has 1 saturated heterocycles. The van der Waals surface area contributed by atoms with Crippen molar-refractivity contribution in [2.45, 2.75) is 59.9 Å². The first kappa shape index (κ1) is 34.7. The highest BCUT2D eigenvalue weighted by Crippen LogP contribution is 2.41. The Morgan fingerprint density at radius 1 is 1.21 bits per heavy atom. The van der Waals surface area contributed by atoms with Crippen molar-refractivity contribution in [3.63, 3.8) is 0 Å². The van der Waals surface area contributed by atoms with Crippen LogP contribution in [-0.4, -0.2) is 67.8 Å². The molecule has 0 saturated carbocycles. The lowest BCUT2D eigenvalue weighted by atomic mass is 10.0. The summed E-state index contributed by atoms with van der Waals surface area (Å²) < 4.78 is 61.9. The van der Waals surface area contributed by atoms with Gasteiger partial charge in [0.05, 0.1) is 33.1 Å². The van der Waals surface area contributed by atoms with Crippen molar-refractivity contribution in [1.29, 1.82) is 0 Å². The lowest BCUT2D eigenvalue weighted by Crippen LogP contribution is -2.35. The molecule has 2 aliphatic rings. The van der Waals surface area contributed by atoms with Crippen LogP contribution in [-0.2, 0) is 19.4 Å². The number of halogens is 2. The average molecular weight is 702 g/mol. The number of benzene rings is 2. The van der Waals surface area contributed by atoms with Gasteiger partial charge in [-0.25, -0.2) is 22.8 Å². The van der Waals surface area contributed by atoms with Crippen LogP contribution in [0.4, 0.5) is 26.1 Å². The Morgan fingerprint density at radius 2 is 1.96 bits per heavy atom. The van der Waals surface area contributed by atoms with Crippen molar-refractivity contribution < 1.29 is 31.7 Å². The van der Waals surface area contributed by atoms with E-state index in [1.807, 2.05) is 17.9 Å². The van der Waals surface area contributed by atoms with Gasteiger partial charge in [0.1, 0.15) is 11.7 Å². The summed E-state index contributed by atoms with van der Waals surface area (Å²) >= 11 is 0.847. The monoisotopic (exact) mass is 701 g/mol. The molecule has 0 spiro atoms. The molecule has 2 aliphatic heterocycles. The Hall–Kier alpha value is -4.64. The van der Waals surface area contributed by atoms with Crippen LogP contribution in [0.15, 0.2) is 68.0 Å². The third kappa shape index (κ3) is 6.82. The number of amidine groups is 1. The first-order valence-corrected chi connectivity index (χ1v) is 17.0. The number of rotatable bonds is 10. The molecular weight excluding hydrogens is 669 g/mol. The van der Waals surface area contributed by atoms with Crippen LogP contribution in [0.3, 0.4) is 0 Å². The largest absolute Gasteiger partial charge is 0.490 e. The van der Waals surface area contributed by atoms with Crippen LogP contribution >= 0.6 is 11.8 Å². The highest BCUT2D eigenvalue weighted by atomic mass is 32.2. The first-order valence-electron chi connectivity index (χ1n) is 14.7. The van der Waals surface area contributed by atoms with Gasteiger partial charge in [-0.1, -0.05) is 12.1 Å². The zero-order chi connectivity index (χ0) is 35.0. The van der Waals surface area contributed by atoms with Crippen molar-refractivity contribution in [1.82, 2.24) is 15.3 Å². The molecule has 48 heavy (non-hydrogen) atoms. The molecular formula is C31H33F2N7O6S2. The number of nitrogens with one attached hydrogen (secondary N) is 2. The van der Waals surface area contributed by atoms with E-state index in [0.29, 0.717) is 43.5 Å². The highest BCUT2D eigenvalue weighted by Gasteiger charge is 2.41. The van der Waals surface area contributed by atoms with Gasteiger partial charge in [-0.2, -0.15) is 4.39 Å². The van der Waals surface area contributed by atoms with Crippen LogP contribution < -0.4 is 20.3 Å². The molecule has 3 heterocycles. The number of aromatic nitrogens is 2. The molecule has 254 valence electrons. The maximum atomic E-state index is 15.7. The number of carbonyl (C=O) groups is 1. The predicted octanol–water partition coefficient (Wildman–Crippen LogP) is 5.02. The van der Waals surface area contributed by atoms with Crippen molar-refractivity contribution >= 4 is 50.7 Å². The Kier molecular flexibility index (Phi) is 9.73. The summed E-state index contributed by atoms with van der Waals surface area (Å²) in [5.74, 6) is -0.791. The minimum Gasteiger partial charge on any atom is -0.490 e. The SMILES string of the molecule is COc1c(NC2=NCC(C)=C2)nc(Sc2ccc(S(=O)(=O)C(C)(C)c3cccc([N+](=O)[O-])c3F)cc2F)nc1N1CC[C@H](NC(C)=O)C1. The molecule has 13 nitrogen and oxygen atoms in total. The maximum Gasteiger partial charge on any atom is 0.305 e. The summed E-state index contributed by atoms with van der Waals surface area (Å²) in [7, 11) is -2.99. The summed E-state index contributed by atoms with van der Waals surface area (Å²) in [5, 5.41) is 17.5. The van der Waals surface area contributed by atoms with E-state index in [1.165, 1.54) is 46.1 Å². The lowest BCUT2D eigenvalue weighted by Gasteiger charge is -2.26. The van der Waals surface area contributed by atoms with E-state index in [9.17, 15) is 23.3 Å². The van der Waals surface area contributed by atoms with Crippen LogP contribution in [0.25, 0.3) is 0 Å². The molecule has 2 N–H and O–H groups in total. The predicted molar refractivity (Wildman–Crippen MR) is 176 cm³/mol. The van der Waals surface area contributed by atoms with Crippen molar-refractivity contribution in [3.05, 3.63) is 75.4 Å². The Balaban J connectivity index is 1.49. The highest BCUT2D eigenvalue weighted by molar-refractivity contribution is 7.99. The molecule has 0 aliphatic carbocycles. The molecule has 2 aromatic carbocycles. The Labute approximate surface area is 280 Å². The van der Waals surface area contributed by atoms with Gasteiger partial charge >= 0.3 is 5.69 Å². The zero-order valence-corrected chi connectivity index (χ0v) is 28.3. The van der Waals surface area contributed by atoms with E-state index in [-0.39, 0.29) is 27.8 Å². The molecule has 0 radical (unpaired) electrons. The lowest BCUT2D eigenvalue weighted by molar-refractivity contribution is -0.387. The molecule has 1 amide bonds. The average Bonchev–Trinajstić information content (AvgIpc) is 3.65. The Morgan fingerprint density at radius 3 is 2.58 bits per heavy atom. The fourth-order valence-corrected chi connectivity index (χ4v) is 7.74. The number of hydrogen-bond acceptors (Lipinski definition) is 12. The van der Waals surface area contributed by atoms with Crippen LogP contribution in [0.5, 0.6) is 5.75 Å². The summed E-state index contributed by atoms with van der Waals surface area (Å²) in [6.45, 7) is 7.28. The zero-order valence-electron chi connectivity index (χ0n) is 26.7.